The molecule has 0 spiro atoms. The maximum Gasteiger partial charge on any atom is 0.228 e. The van der Waals surface area contributed by atoms with Crippen LogP contribution in [-0.4, -0.2) is 18.2 Å². The van der Waals surface area contributed by atoms with Crippen molar-refractivity contribution in [3.63, 3.8) is 0 Å². The number of hydrogen-bond acceptors (Lipinski definition) is 3. The van der Waals surface area contributed by atoms with Crippen molar-refractivity contribution in [2.24, 2.45) is 0 Å². The third-order valence-corrected chi connectivity index (χ3v) is 2.23. The molecule has 0 radical (unpaired) electrons. The van der Waals surface area contributed by atoms with E-state index in [1.165, 1.54) is 6.08 Å². The van der Waals surface area contributed by atoms with Gasteiger partial charge in [0.1, 0.15) is 6.61 Å². The Bertz CT molecular complexity index is 532. The van der Waals surface area contributed by atoms with E-state index >= 15 is 0 Å². The number of allylic oxidation sites excluding steroid dienone is 2. The van der Waals surface area contributed by atoms with E-state index in [4.69, 9.17) is 11.2 Å². The van der Waals surface area contributed by atoms with E-state index in [0.717, 1.165) is 0 Å². The van der Waals surface area contributed by atoms with Crippen molar-refractivity contribution >= 4 is 11.6 Å². The van der Waals surface area contributed by atoms with Crippen molar-refractivity contribution in [3.05, 3.63) is 47.2 Å². The molecule has 0 fully saturated rings. The molecule has 1 aromatic carbocycles. The maximum atomic E-state index is 11.9. The standard InChI is InChI=1S/C13H8O3/c1-2-7-16-12-8-11(14)9-5-3-4-6-10(9)13(12)15/h1,3-6,8H,7H2. The number of carbonyl (C=O) groups is 2. The lowest BCUT2D eigenvalue weighted by Crippen LogP contribution is -2.18. The van der Waals surface area contributed by atoms with Crippen LogP contribution in [0.4, 0.5) is 0 Å². The topological polar surface area (TPSA) is 43.4 Å². The zero-order valence-electron chi connectivity index (χ0n) is 8.40. The molecule has 78 valence electrons. The fourth-order valence-corrected chi connectivity index (χ4v) is 1.52. The molecule has 3 nitrogen and oxygen atoms in total. The Labute approximate surface area is 92.7 Å². The minimum Gasteiger partial charge on any atom is -0.477 e. The summed E-state index contributed by atoms with van der Waals surface area (Å²) in [4.78, 5) is 23.5. The van der Waals surface area contributed by atoms with Gasteiger partial charge in [0, 0.05) is 17.2 Å². The Morgan fingerprint density at radius 3 is 2.56 bits per heavy atom. The minimum atomic E-state index is -0.301. The number of Topliss-reactive ketones (excluding diaryl/α,β-unsaturated/α-hetero) is 1. The fourth-order valence-electron chi connectivity index (χ4n) is 1.52. The molecule has 0 aliphatic heterocycles. The van der Waals surface area contributed by atoms with Gasteiger partial charge in [-0.15, -0.1) is 6.42 Å². The van der Waals surface area contributed by atoms with Crippen LogP contribution >= 0.6 is 0 Å². The monoisotopic (exact) mass is 212 g/mol. The summed E-state index contributed by atoms with van der Waals surface area (Å²) in [5, 5.41) is 0. The Hall–Kier alpha value is -2.34. The molecular weight excluding hydrogens is 204 g/mol. The largest absolute Gasteiger partial charge is 0.477 e. The van der Waals surface area contributed by atoms with Crippen molar-refractivity contribution in [3.8, 4) is 12.3 Å². The van der Waals surface area contributed by atoms with Gasteiger partial charge in [-0.2, -0.15) is 0 Å². The first kappa shape index (κ1) is 10.2. The predicted molar refractivity (Wildman–Crippen MR) is 58.0 cm³/mol. The summed E-state index contributed by atoms with van der Waals surface area (Å²) >= 11 is 0. The minimum absolute atomic E-state index is 0.0154. The molecule has 2 rings (SSSR count). The first-order valence-electron chi connectivity index (χ1n) is 4.70. The van der Waals surface area contributed by atoms with E-state index in [2.05, 4.69) is 5.92 Å². The van der Waals surface area contributed by atoms with Crippen LogP contribution in [0.5, 0.6) is 0 Å². The Morgan fingerprint density at radius 1 is 1.19 bits per heavy atom. The summed E-state index contributed by atoms with van der Waals surface area (Å²) < 4.78 is 5.03. The van der Waals surface area contributed by atoms with Gasteiger partial charge in [-0.3, -0.25) is 9.59 Å². The fraction of sp³-hybridized carbons (Fsp3) is 0.0769. The Balaban J connectivity index is 2.40. The van der Waals surface area contributed by atoms with E-state index in [1.54, 1.807) is 24.3 Å². The van der Waals surface area contributed by atoms with Gasteiger partial charge in [-0.1, -0.05) is 30.2 Å². The highest BCUT2D eigenvalue weighted by Gasteiger charge is 2.25. The van der Waals surface area contributed by atoms with Gasteiger partial charge in [-0.25, -0.2) is 0 Å². The second kappa shape index (κ2) is 4.03. The van der Waals surface area contributed by atoms with E-state index in [9.17, 15) is 9.59 Å². The molecule has 0 saturated carbocycles. The lowest BCUT2D eigenvalue weighted by atomic mass is 9.94. The maximum absolute atomic E-state index is 11.9. The average molecular weight is 212 g/mol. The van der Waals surface area contributed by atoms with Crippen LogP contribution in [-0.2, 0) is 4.74 Å². The van der Waals surface area contributed by atoms with Crippen molar-refractivity contribution in [2.75, 3.05) is 6.61 Å². The van der Waals surface area contributed by atoms with Crippen LogP contribution in [0.2, 0.25) is 0 Å². The molecule has 16 heavy (non-hydrogen) atoms. The summed E-state index contributed by atoms with van der Waals surface area (Å²) in [6.07, 6.45) is 6.20. The predicted octanol–water partition coefficient (Wildman–Crippen LogP) is 1.60. The summed E-state index contributed by atoms with van der Waals surface area (Å²) in [6.45, 7) is -0.0208. The van der Waals surface area contributed by atoms with Crippen LogP contribution < -0.4 is 0 Å². The van der Waals surface area contributed by atoms with E-state index in [1.807, 2.05) is 0 Å². The van der Waals surface area contributed by atoms with Crippen LogP contribution in [0.3, 0.4) is 0 Å². The van der Waals surface area contributed by atoms with Gasteiger partial charge >= 0.3 is 0 Å². The van der Waals surface area contributed by atoms with Crippen LogP contribution in [0.25, 0.3) is 0 Å². The van der Waals surface area contributed by atoms with Gasteiger partial charge in [0.25, 0.3) is 0 Å². The number of terminal acetylenes is 1. The van der Waals surface area contributed by atoms with Gasteiger partial charge in [0.05, 0.1) is 0 Å². The normalized spacial score (nSPS) is 13.8. The average Bonchev–Trinajstić information content (AvgIpc) is 2.32. The smallest absolute Gasteiger partial charge is 0.228 e. The SMILES string of the molecule is C#CCOC1=CC(=O)c2ccccc2C1=O. The number of carbonyl (C=O) groups excluding carboxylic acids is 2. The molecule has 3 heteroatoms. The van der Waals surface area contributed by atoms with E-state index in [-0.39, 0.29) is 23.9 Å². The second-order valence-corrected chi connectivity index (χ2v) is 3.24. The lowest BCUT2D eigenvalue weighted by Gasteiger charge is -2.14. The number of benzene rings is 1. The number of ether oxygens (including phenoxy) is 1. The van der Waals surface area contributed by atoms with Crippen molar-refractivity contribution < 1.29 is 14.3 Å². The van der Waals surface area contributed by atoms with Gasteiger partial charge in [0.2, 0.25) is 5.78 Å². The first-order valence-corrected chi connectivity index (χ1v) is 4.70. The Kier molecular flexibility index (Phi) is 2.57. The molecule has 1 aliphatic carbocycles. The molecule has 1 aliphatic rings. The summed E-state index contributed by atoms with van der Waals surface area (Å²) in [6, 6.07) is 6.63. The van der Waals surface area contributed by atoms with Gasteiger partial charge in [-0.05, 0) is 0 Å². The summed E-state index contributed by atoms with van der Waals surface area (Å²) in [5.74, 6) is 1.73. The van der Waals surface area contributed by atoms with Crippen LogP contribution in [0, 0.1) is 12.3 Å². The van der Waals surface area contributed by atoms with Crippen molar-refractivity contribution in [1.82, 2.24) is 0 Å². The third-order valence-electron chi connectivity index (χ3n) is 2.23. The summed E-state index contributed by atoms with van der Waals surface area (Å²) in [7, 11) is 0. The molecule has 0 amide bonds. The highest BCUT2D eigenvalue weighted by Crippen LogP contribution is 2.21. The molecule has 0 unspecified atom stereocenters. The summed E-state index contributed by atoms with van der Waals surface area (Å²) in [5.41, 5.74) is 0.766. The number of fused-ring (bicyclic) bond motifs is 1. The molecule has 0 aromatic heterocycles. The van der Waals surface area contributed by atoms with Gasteiger partial charge in [0.15, 0.2) is 11.5 Å². The highest BCUT2D eigenvalue weighted by molar-refractivity contribution is 6.23. The molecule has 0 bridgehead atoms. The highest BCUT2D eigenvalue weighted by atomic mass is 16.5. The number of hydrogen-bond donors (Lipinski definition) is 0. The van der Waals surface area contributed by atoms with Crippen LogP contribution in [0.15, 0.2) is 36.1 Å². The molecule has 0 heterocycles. The number of rotatable bonds is 2. The molecular formula is C13H8O3. The molecule has 0 saturated heterocycles. The van der Waals surface area contributed by atoms with E-state index in [0.29, 0.717) is 11.1 Å². The second-order valence-electron chi connectivity index (χ2n) is 3.24. The van der Waals surface area contributed by atoms with Crippen molar-refractivity contribution in [1.29, 1.82) is 0 Å². The van der Waals surface area contributed by atoms with Crippen LogP contribution in [0.1, 0.15) is 20.7 Å². The molecule has 0 atom stereocenters. The van der Waals surface area contributed by atoms with E-state index < -0.39 is 0 Å². The Morgan fingerprint density at radius 2 is 1.88 bits per heavy atom. The molecule has 0 N–H and O–H groups in total. The zero-order valence-corrected chi connectivity index (χ0v) is 8.40. The zero-order chi connectivity index (χ0) is 11.5. The van der Waals surface area contributed by atoms with Crippen molar-refractivity contribution in [2.45, 2.75) is 0 Å². The quantitative estimate of drug-likeness (QED) is 0.699. The van der Waals surface area contributed by atoms with Gasteiger partial charge < -0.3 is 4.74 Å². The number of ketones is 2. The first-order chi connectivity index (χ1) is 7.74. The third kappa shape index (κ3) is 1.61. The molecule has 1 aromatic rings. The lowest BCUT2D eigenvalue weighted by molar-refractivity contribution is 0.0903.